The molecular weight excluding hydrogens is 310 g/mol. The summed E-state index contributed by atoms with van der Waals surface area (Å²) in [7, 11) is -0.526. The molecule has 0 bridgehead atoms. The maximum absolute atomic E-state index is 12.6. The molecule has 2 rings (SSSR count). The van der Waals surface area contributed by atoms with E-state index in [1.165, 1.54) is 23.6 Å². The van der Waals surface area contributed by atoms with E-state index in [1.54, 1.807) is 19.2 Å². The molecule has 0 atom stereocenters. The van der Waals surface area contributed by atoms with Crippen LogP contribution >= 0.6 is 11.6 Å². The van der Waals surface area contributed by atoms with Crippen molar-refractivity contribution in [3.8, 4) is 0 Å². The summed E-state index contributed by atoms with van der Waals surface area (Å²) < 4.78 is 26.4. The SMILES string of the molecule is CNc1ncc(S(=O)(=O)N(C)c2cccc(C)c2)cc1Cl. The summed E-state index contributed by atoms with van der Waals surface area (Å²) in [5, 5.41) is 3.05. The molecule has 0 unspecified atom stereocenters. The van der Waals surface area contributed by atoms with Crippen molar-refractivity contribution >= 4 is 33.1 Å². The zero-order chi connectivity index (χ0) is 15.6. The van der Waals surface area contributed by atoms with Gasteiger partial charge in [0.15, 0.2) is 0 Å². The molecule has 1 aromatic heterocycles. The predicted molar refractivity (Wildman–Crippen MR) is 85.6 cm³/mol. The fraction of sp³-hybridized carbons (Fsp3) is 0.214. The van der Waals surface area contributed by atoms with Gasteiger partial charge >= 0.3 is 0 Å². The van der Waals surface area contributed by atoms with Crippen LogP contribution < -0.4 is 9.62 Å². The van der Waals surface area contributed by atoms with E-state index in [0.717, 1.165) is 5.56 Å². The quantitative estimate of drug-likeness (QED) is 0.939. The second kappa shape index (κ2) is 5.91. The summed E-state index contributed by atoms with van der Waals surface area (Å²) in [6, 6.07) is 8.65. The van der Waals surface area contributed by atoms with Gasteiger partial charge in [0.1, 0.15) is 10.7 Å². The molecule has 0 saturated heterocycles. The van der Waals surface area contributed by atoms with E-state index in [4.69, 9.17) is 11.6 Å². The second-order valence-electron chi connectivity index (χ2n) is 4.56. The Kier molecular flexibility index (Phi) is 4.39. The van der Waals surface area contributed by atoms with E-state index >= 15 is 0 Å². The van der Waals surface area contributed by atoms with Gasteiger partial charge in [-0.3, -0.25) is 4.31 Å². The third kappa shape index (κ3) is 3.11. The summed E-state index contributed by atoms with van der Waals surface area (Å²) in [4.78, 5) is 4.06. The molecule has 1 N–H and O–H groups in total. The van der Waals surface area contributed by atoms with E-state index in [-0.39, 0.29) is 9.92 Å². The number of anilines is 2. The summed E-state index contributed by atoms with van der Waals surface area (Å²) >= 11 is 6.00. The Labute approximate surface area is 129 Å². The molecule has 0 saturated carbocycles. The number of aromatic nitrogens is 1. The van der Waals surface area contributed by atoms with Crippen LogP contribution in [-0.2, 0) is 10.0 Å². The van der Waals surface area contributed by atoms with Crippen molar-refractivity contribution in [2.24, 2.45) is 0 Å². The number of benzene rings is 1. The maximum Gasteiger partial charge on any atom is 0.265 e. The summed E-state index contributed by atoms with van der Waals surface area (Å²) in [6.07, 6.45) is 1.29. The first-order valence-electron chi connectivity index (χ1n) is 6.25. The molecule has 0 spiro atoms. The van der Waals surface area contributed by atoms with Gasteiger partial charge in [0.05, 0.1) is 10.7 Å². The highest BCUT2D eigenvalue weighted by atomic mass is 35.5. The number of hydrogen-bond donors (Lipinski definition) is 1. The average Bonchev–Trinajstić information content (AvgIpc) is 2.46. The number of nitrogens with one attached hydrogen (secondary N) is 1. The van der Waals surface area contributed by atoms with Gasteiger partial charge in [0.25, 0.3) is 10.0 Å². The number of rotatable bonds is 4. The molecule has 112 valence electrons. The Bertz CT molecular complexity index is 763. The summed E-state index contributed by atoms with van der Waals surface area (Å²) in [5.41, 5.74) is 1.57. The minimum Gasteiger partial charge on any atom is -0.372 e. The fourth-order valence-electron chi connectivity index (χ4n) is 1.87. The molecule has 0 amide bonds. The molecule has 21 heavy (non-hydrogen) atoms. The molecule has 7 heteroatoms. The van der Waals surface area contributed by atoms with E-state index < -0.39 is 10.0 Å². The zero-order valence-corrected chi connectivity index (χ0v) is 13.5. The molecule has 0 aliphatic rings. The zero-order valence-electron chi connectivity index (χ0n) is 12.0. The monoisotopic (exact) mass is 325 g/mol. The third-order valence-corrected chi connectivity index (χ3v) is 5.12. The van der Waals surface area contributed by atoms with E-state index in [0.29, 0.717) is 11.5 Å². The molecular formula is C14H16ClN3O2S. The van der Waals surface area contributed by atoms with Crippen molar-refractivity contribution in [2.75, 3.05) is 23.7 Å². The first-order valence-corrected chi connectivity index (χ1v) is 8.07. The van der Waals surface area contributed by atoms with Crippen LogP contribution in [0.25, 0.3) is 0 Å². The van der Waals surface area contributed by atoms with Gasteiger partial charge in [-0.25, -0.2) is 13.4 Å². The Morgan fingerprint density at radius 2 is 2.00 bits per heavy atom. The van der Waals surface area contributed by atoms with Crippen molar-refractivity contribution in [2.45, 2.75) is 11.8 Å². The van der Waals surface area contributed by atoms with Crippen LogP contribution in [0.2, 0.25) is 5.02 Å². The maximum atomic E-state index is 12.6. The van der Waals surface area contributed by atoms with Gasteiger partial charge < -0.3 is 5.32 Å². The summed E-state index contributed by atoms with van der Waals surface area (Å²) in [5.74, 6) is 0.439. The number of pyridine rings is 1. The van der Waals surface area contributed by atoms with Crippen LogP contribution in [0.3, 0.4) is 0 Å². The predicted octanol–water partition coefficient (Wildman–Crippen LogP) is 2.91. The fourth-order valence-corrected chi connectivity index (χ4v) is 3.35. The van der Waals surface area contributed by atoms with Crippen LogP contribution in [0, 0.1) is 6.92 Å². The van der Waals surface area contributed by atoms with Crippen LogP contribution in [0.1, 0.15) is 5.56 Å². The van der Waals surface area contributed by atoms with Gasteiger partial charge in [-0.15, -0.1) is 0 Å². The minimum atomic E-state index is -3.70. The van der Waals surface area contributed by atoms with Crippen LogP contribution in [-0.4, -0.2) is 27.5 Å². The normalized spacial score (nSPS) is 11.2. The van der Waals surface area contributed by atoms with E-state index in [2.05, 4.69) is 10.3 Å². The molecule has 0 fully saturated rings. The van der Waals surface area contributed by atoms with Gasteiger partial charge in [0.2, 0.25) is 0 Å². The smallest absolute Gasteiger partial charge is 0.265 e. The van der Waals surface area contributed by atoms with Crippen LogP contribution in [0.4, 0.5) is 11.5 Å². The standard InChI is InChI=1S/C14H16ClN3O2S/c1-10-5-4-6-11(7-10)18(3)21(19,20)12-8-13(15)14(16-2)17-9-12/h4-9H,1-3H3,(H,16,17). The first-order chi connectivity index (χ1) is 9.86. The van der Waals surface area contributed by atoms with Gasteiger partial charge in [0, 0.05) is 20.3 Å². The number of halogens is 1. The molecule has 5 nitrogen and oxygen atoms in total. The van der Waals surface area contributed by atoms with Crippen molar-refractivity contribution in [3.63, 3.8) is 0 Å². The Morgan fingerprint density at radius 1 is 1.29 bits per heavy atom. The van der Waals surface area contributed by atoms with Gasteiger partial charge in [-0.05, 0) is 30.7 Å². The van der Waals surface area contributed by atoms with Crippen LogP contribution in [0.5, 0.6) is 0 Å². The Balaban J connectivity index is 2.44. The average molecular weight is 326 g/mol. The molecule has 1 heterocycles. The number of hydrogen-bond acceptors (Lipinski definition) is 4. The molecule has 2 aromatic rings. The lowest BCUT2D eigenvalue weighted by molar-refractivity contribution is 0.594. The third-order valence-electron chi connectivity index (χ3n) is 3.08. The van der Waals surface area contributed by atoms with Gasteiger partial charge in [-0.1, -0.05) is 23.7 Å². The lowest BCUT2D eigenvalue weighted by atomic mass is 10.2. The lowest BCUT2D eigenvalue weighted by Gasteiger charge is -2.20. The molecule has 0 aliphatic carbocycles. The molecule has 0 aliphatic heterocycles. The van der Waals surface area contributed by atoms with Crippen molar-refractivity contribution in [3.05, 3.63) is 47.1 Å². The van der Waals surface area contributed by atoms with Crippen molar-refractivity contribution < 1.29 is 8.42 Å². The van der Waals surface area contributed by atoms with Crippen molar-refractivity contribution in [1.29, 1.82) is 0 Å². The Morgan fingerprint density at radius 3 is 2.57 bits per heavy atom. The van der Waals surface area contributed by atoms with Crippen LogP contribution in [0.15, 0.2) is 41.4 Å². The highest BCUT2D eigenvalue weighted by Crippen LogP contribution is 2.26. The highest BCUT2D eigenvalue weighted by Gasteiger charge is 2.22. The topological polar surface area (TPSA) is 62.3 Å². The number of nitrogens with zero attached hydrogens (tertiary/aromatic N) is 2. The molecule has 0 radical (unpaired) electrons. The number of aryl methyl sites for hydroxylation is 1. The molecule has 1 aromatic carbocycles. The largest absolute Gasteiger partial charge is 0.372 e. The summed E-state index contributed by atoms with van der Waals surface area (Å²) in [6.45, 7) is 1.91. The highest BCUT2D eigenvalue weighted by molar-refractivity contribution is 7.92. The van der Waals surface area contributed by atoms with Gasteiger partial charge in [-0.2, -0.15) is 0 Å². The minimum absolute atomic E-state index is 0.0514. The number of sulfonamides is 1. The van der Waals surface area contributed by atoms with E-state index in [1.807, 2.05) is 19.1 Å². The lowest BCUT2D eigenvalue weighted by Crippen LogP contribution is -2.26. The van der Waals surface area contributed by atoms with E-state index in [9.17, 15) is 8.42 Å². The second-order valence-corrected chi connectivity index (χ2v) is 6.94. The Hall–Kier alpha value is -1.79. The van der Waals surface area contributed by atoms with Crippen molar-refractivity contribution in [1.82, 2.24) is 4.98 Å². The first kappa shape index (κ1) is 15.6.